The molecule has 7 heteroatoms. The van der Waals surface area contributed by atoms with E-state index in [9.17, 15) is 4.79 Å². The predicted molar refractivity (Wildman–Crippen MR) is 134 cm³/mol. The first kappa shape index (κ1) is 20.4. The summed E-state index contributed by atoms with van der Waals surface area (Å²) in [5.74, 6) is 0. The number of hydrogen-bond donors (Lipinski definition) is 0. The molecule has 6 rings (SSSR count). The van der Waals surface area contributed by atoms with Crippen LogP contribution < -0.4 is 10.5 Å². The van der Waals surface area contributed by atoms with E-state index in [2.05, 4.69) is 63.3 Å². The summed E-state index contributed by atoms with van der Waals surface area (Å²) in [7, 11) is 0. The maximum atomic E-state index is 13.3. The molecule has 4 heterocycles. The summed E-state index contributed by atoms with van der Waals surface area (Å²) >= 11 is 4.69. The van der Waals surface area contributed by atoms with Crippen LogP contribution in [0, 0.1) is 0 Å². The Morgan fingerprint density at radius 1 is 1.00 bits per heavy atom. The lowest BCUT2D eigenvalue weighted by Gasteiger charge is -2.48. The van der Waals surface area contributed by atoms with Crippen LogP contribution in [0.5, 0.6) is 0 Å². The van der Waals surface area contributed by atoms with Gasteiger partial charge in [-0.3, -0.25) is 0 Å². The van der Waals surface area contributed by atoms with Gasteiger partial charge in [-0.1, -0.05) is 33.8 Å². The van der Waals surface area contributed by atoms with Crippen molar-refractivity contribution in [3.8, 4) is 11.1 Å². The monoisotopic (exact) mass is 509 g/mol. The Morgan fingerprint density at radius 2 is 1.72 bits per heavy atom. The molecule has 2 aliphatic heterocycles. The summed E-state index contributed by atoms with van der Waals surface area (Å²) in [6.07, 6.45) is 2.16. The van der Waals surface area contributed by atoms with Crippen molar-refractivity contribution >= 4 is 55.3 Å². The van der Waals surface area contributed by atoms with Crippen LogP contribution in [0.3, 0.4) is 0 Å². The Labute approximate surface area is 198 Å². The van der Waals surface area contributed by atoms with Crippen molar-refractivity contribution < 1.29 is 4.42 Å². The normalized spacial score (nSPS) is 18.8. The summed E-state index contributed by atoms with van der Waals surface area (Å²) in [6, 6.07) is 8.09. The molecule has 0 unspecified atom stereocenters. The number of fused-ring (bicyclic) bond motifs is 3. The zero-order chi connectivity index (χ0) is 22.4. The number of halogens is 1. The number of benzene rings is 2. The molecule has 164 valence electrons. The molecule has 2 aliphatic rings. The van der Waals surface area contributed by atoms with Gasteiger partial charge in [0.05, 0.1) is 17.3 Å². The third-order valence-electron chi connectivity index (χ3n) is 7.39. The Hall–Kier alpha value is -2.25. The lowest BCUT2D eigenvalue weighted by molar-refractivity contribution is 0.398. The highest BCUT2D eigenvalue weighted by Gasteiger charge is 2.42. The van der Waals surface area contributed by atoms with E-state index in [0.29, 0.717) is 5.56 Å². The Morgan fingerprint density at radius 3 is 2.50 bits per heavy atom. The van der Waals surface area contributed by atoms with Crippen LogP contribution in [-0.2, 0) is 10.8 Å². The van der Waals surface area contributed by atoms with Crippen molar-refractivity contribution in [3.63, 3.8) is 0 Å². The number of aromatic nitrogens is 2. The van der Waals surface area contributed by atoms with Gasteiger partial charge in [-0.15, -0.1) is 0 Å². The van der Waals surface area contributed by atoms with Crippen LogP contribution in [-0.4, -0.2) is 21.8 Å². The number of rotatable bonds is 1. The van der Waals surface area contributed by atoms with Gasteiger partial charge in [0.1, 0.15) is 16.6 Å². The van der Waals surface area contributed by atoms with Gasteiger partial charge in [-0.05, 0) is 63.4 Å². The molecule has 0 atom stereocenters. The van der Waals surface area contributed by atoms with Crippen molar-refractivity contribution in [1.82, 2.24) is 8.75 Å². The molecule has 0 saturated carbocycles. The molecule has 0 bridgehead atoms. The van der Waals surface area contributed by atoms with Crippen LogP contribution in [0.4, 0.5) is 5.69 Å². The van der Waals surface area contributed by atoms with Crippen molar-refractivity contribution in [3.05, 3.63) is 50.3 Å². The third kappa shape index (κ3) is 2.76. The predicted octanol–water partition coefficient (Wildman–Crippen LogP) is 6.40. The lowest BCUT2D eigenvalue weighted by atomic mass is 9.69. The maximum absolute atomic E-state index is 13.3. The maximum Gasteiger partial charge on any atom is 0.344 e. The van der Waals surface area contributed by atoms with Crippen molar-refractivity contribution in [2.24, 2.45) is 0 Å². The molecule has 2 aromatic carbocycles. The molecule has 0 N–H and O–H groups in total. The average molecular weight is 510 g/mol. The second kappa shape index (κ2) is 6.64. The fourth-order valence-corrected chi connectivity index (χ4v) is 6.49. The summed E-state index contributed by atoms with van der Waals surface area (Å²) in [4.78, 5) is 15.8. The second-order valence-corrected chi connectivity index (χ2v) is 11.7. The van der Waals surface area contributed by atoms with Crippen LogP contribution in [0.25, 0.3) is 33.1 Å². The lowest BCUT2D eigenvalue weighted by Crippen LogP contribution is -2.44. The molecule has 0 saturated heterocycles. The van der Waals surface area contributed by atoms with Gasteiger partial charge in [0, 0.05) is 39.8 Å². The van der Waals surface area contributed by atoms with Crippen molar-refractivity contribution in [2.45, 2.75) is 51.4 Å². The van der Waals surface area contributed by atoms with E-state index in [1.165, 1.54) is 16.8 Å². The van der Waals surface area contributed by atoms with Gasteiger partial charge in [0.25, 0.3) is 0 Å². The second-order valence-electron chi connectivity index (χ2n) is 10.3. The van der Waals surface area contributed by atoms with E-state index < -0.39 is 0 Å². The van der Waals surface area contributed by atoms with Gasteiger partial charge >= 0.3 is 5.63 Å². The molecule has 0 fully saturated rings. The van der Waals surface area contributed by atoms with Gasteiger partial charge in [0.15, 0.2) is 0 Å². The standard InChI is InChI=1S/C25H24BrN3O2S/c1-24(2)7-9-29-10-8-25(3,4)18-21(29)16(24)12-13-11-15(23(30)31-22(13)18)14-5-6-17(26)20-19(14)27-32-28-20/h5-6,11-12H,7-10H2,1-4H3. The van der Waals surface area contributed by atoms with Gasteiger partial charge in [0.2, 0.25) is 0 Å². The molecule has 2 aromatic heterocycles. The molecule has 0 aliphatic carbocycles. The topological polar surface area (TPSA) is 59.2 Å². The minimum Gasteiger partial charge on any atom is -0.422 e. The number of hydrogen-bond acceptors (Lipinski definition) is 6. The average Bonchev–Trinajstić information content (AvgIpc) is 3.23. The zero-order valence-electron chi connectivity index (χ0n) is 18.6. The molecule has 4 aromatic rings. The van der Waals surface area contributed by atoms with Crippen LogP contribution >= 0.6 is 27.7 Å². The minimum atomic E-state index is -0.326. The first-order valence-electron chi connectivity index (χ1n) is 11.0. The number of anilines is 1. The molecular weight excluding hydrogens is 486 g/mol. The van der Waals surface area contributed by atoms with E-state index in [-0.39, 0.29) is 16.5 Å². The SMILES string of the molecule is CC1(C)CCN2CCC(C)(C)c3c2c1cc1cc(-c2ccc(Br)c4nsnc24)c(=O)oc31. The van der Waals surface area contributed by atoms with Crippen molar-refractivity contribution in [1.29, 1.82) is 0 Å². The van der Waals surface area contributed by atoms with Gasteiger partial charge in [-0.25, -0.2) is 4.79 Å². The first-order valence-corrected chi connectivity index (χ1v) is 12.5. The highest BCUT2D eigenvalue weighted by atomic mass is 79.9. The molecule has 0 spiro atoms. The van der Waals surface area contributed by atoms with Gasteiger partial charge < -0.3 is 9.32 Å². The van der Waals surface area contributed by atoms with Crippen LogP contribution in [0.2, 0.25) is 0 Å². The Bertz CT molecular complexity index is 1480. The fraction of sp³-hybridized carbons (Fsp3) is 0.400. The first-order chi connectivity index (χ1) is 15.2. The highest BCUT2D eigenvalue weighted by Crippen LogP contribution is 2.51. The molecule has 32 heavy (non-hydrogen) atoms. The van der Waals surface area contributed by atoms with E-state index >= 15 is 0 Å². The Kier molecular flexibility index (Phi) is 4.22. The minimum absolute atomic E-state index is 0.0608. The van der Waals surface area contributed by atoms with E-state index in [1.54, 1.807) is 0 Å². The smallest absolute Gasteiger partial charge is 0.344 e. The fourth-order valence-electron chi connectivity index (χ4n) is 5.39. The van der Waals surface area contributed by atoms with Crippen molar-refractivity contribution in [2.75, 3.05) is 18.0 Å². The van der Waals surface area contributed by atoms with Crippen LogP contribution in [0.15, 0.2) is 37.9 Å². The largest absolute Gasteiger partial charge is 0.422 e. The quantitative estimate of drug-likeness (QED) is 0.278. The zero-order valence-corrected chi connectivity index (χ0v) is 21.0. The molecule has 0 radical (unpaired) electrons. The van der Waals surface area contributed by atoms with E-state index in [0.717, 1.165) is 69.7 Å². The molecule has 5 nitrogen and oxygen atoms in total. The van der Waals surface area contributed by atoms with Crippen LogP contribution in [0.1, 0.15) is 51.7 Å². The summed E-state index contributed by atoms with van der Waals surface area (Å²) in [6.45, 7) is 11.3. The summed E-state index contributed by atoms with van der Waals surface area (Å²) in [5.41, 5.74) is 7.04. The van der Waals surface area contributed by atoms with E-state index in [1.807, 2.05) is 18.2 Å². The summed E-state index contributed by atoms with van der Waals surface area (Å²) < 4.78 is 15.9. The van der Waals surface area contributed by atoms with Gasteiger partial charge in [-0.2, -0.15) is 8.75 Å². The Balaban J connectivity index is 1.71. The molecule has 0 amide bonds. The highest BCUT2D eigenvalue weighted by molar-refractivity contribution is 9.10. The number of nitrogens with zero attached hydrogens (tertiary/aromatic N) is 3. The molecular formula is C25H24BrN3O2S. The third-order valence-corrected chi connectivity index (χ3v) is 8.56. The summed E-state index contributed by atoms with van der Waals surface area (Å²) in [5, 5.41) is 0.984. The van der Waals surface area contributed by atoms with E-state index in [4.69, 9.17) is 4.42 Å².